The Morgan fingerprint density at radius 1 is 1.19 bits per heavy atom. The largest absolute Gasteiger partial charge is 0.493 e. The van der Waals surface area contributed by atoms with Gasteiger partial charge in [0.25, 0.3) is 0 Å². The fourth-order valence-electron chi connectivity index (χ4n) is 4.55. The normalized spacial score (nSPS) is 18.5. The molecule has 9 nitrogen and oxygen atoms in total. The van der Waals surface area contributed by atoms with Crippen LogP contribution < -0.4 is 14.8 Å². The van der Waals surface area contributed by atoms with E-state index < -0.39 is 5.82 Å². The molecule has 0 saturated carbocycles. The predicted octanol–water partition coefficient (Wildman–Crippen LogP) is 3.49. The van der Waals surface area contributed by atoms with Crippen LogP contribution in [-0.4, -0.2) is 84.8 Å². The third-order valence-corrected chi connectivity index (χ3v) is 6.74. The van der Waals surface area contributed by atoms with Crippen LogP contribution in [0.5, 0.6) is 11.5 Å². The maximum atomic E-state index is 13.5. The molecular weight excluding hydrogens is 489 g/mol. The van der Waals surface area contributed by atoms with Gasteiger partial charge < -0.3 is 19.5 Å². The maximum absolute atomic E-state index is 13.5. The third-order valence-electron chi connectivity index (χ3n) is 6.45. The van der Waals surface area contributed by atoms with E-state index in [-0.39, 0.29) is 17.0 Å². The molecule has 1 aromatic heterocycles. The fraction of sp³-hybridized carbons (Fsp3) is 0.400. The van der Waals surface area contributed by atoms with Crippen LogP contribution in [-0.2, 0) is 9.53 Å². The Morgan fingerprint density at radius 2 is 2.08 bits per heavy atom. The Kier molecular flexibility index (Phi) is 7.35. The fourth-order valence-corrected chi connectivity index (χ4v) is 4.73. The number of methoxy groups -OCH3 is 1. The number of anilines is 2. The van der Waals surface area contributed by atoms with E-state index in [4.69, 9.17) is 25.8 Å². The summed E-state index contributed by atoms with van der Waals surface area (Å²) in [5.74, 6) is 1.06. The number of nitrogens with one attached hydrogen (secondary N) is 1. The number of nitrogens with zero attached hydrogens (tertiary/aromatic N) is 4. The van der Waals surface area contributed by atoms with Gasteiger partial charge in [0.1, 0.15) is 30.6 Å². The minimum Gasteiger partial charge on any atom is -0.493 e. The van der Waals surface area contributed by atoms with Gasteiger partial charge in [-0.3, -0.25) is 14.6 Å². The first-order valence-corrected chi connectivity index (χ1v) is 12.2. The van der Waals surface area contributed by atoms with Crippen LogP contribution in [0.3, 0.4) is 0 Å². The highest BCUT2D eigenvalue weighted by Gasteiger charge is 2.35. The van der Waals surface area contributed by atoms with Crippen molar-refractivity contribution in [2.75, 3.05) is 58.4 Å². The zero-order valence-electron chi connectivity index (χ0n) is 19.9. The average molecular weight is 516 g/mol. The van der Waals surface area contributed by atoms with Crippen LogP contribution in [0, 0.1) is 5.82 Å². The van der Waals surface area contributed by atoms with Gasteiger partial charge in [-0.15, -0.1) is 0 Å². The number of morpholine rings is 1. The van der Waals surface area contributed by atoms with Gasteiger partial charge in [0.2, 0.25) is 0 Å². The maximum Gasteiger partial charge on any atom is 0.324 e. The molecule has 2 aliphatic heterocycles. The summed E-state index contributed by atoms with van der Waals surface area (Å²) in [6.07, 6.45) is 2.24. The van der Waals surface area contributed by atoms with Gasteiger partial charge >= 0.3 is 5.97 Å². The molecule has 1 atom stereocenters. The lowest BCUT2D eigenvalue weighted by atomic mass is 10.1. The van der Waals surface area contributed by atoms with Crippen molar-refractivity contribution in [1.82, 2.24) is 19.8 Å². The number of hydrogen-bond donors (Lipinski definition) is 1. The van der Waals surface area contributed by atoms with Crippen molar-refractivity contribution >= 4 is 40.0 Å². The highest BCUT2D eigenvalue weighted by molar-refractivity contribution is 6.31. The van der Waals surface area contributed by atoms with Gasteiger partial charge in [0, 0.05) is 49.9 Å². The standard InChI is InChI=1S/C25H27ClFN5O4/c1-34-22-12-17-20(28-15-29-24(17)30-16-3-4-19(27)18(26)11-16)13-23(22)35-9-2-5-31-6-7-32-8-10-36-25(33)21(32)14-31/h3-4,11-13,15,21H,2,5-10,14H2,1H3,(H,28,29,30). The van der Waals surface area contributed by atoms with Gasteiger partial charge in [-0.25, -0.2) is 14.4 Å². The van der Waals surface area contributed by atoms with Crippen LogP contribution in [0.2, 0.25) is 5.02 Å². The molecule has 0 aliphatic carbocycles. The Morgan fingerprint density at radius 3 is 2.92 bits per heavy atom. The number of rotatable bonds is 8. The van der Waals surface area contributed by atoms with Crippen molar-refractivity contribution in [3.63, 3.8) is 0 Å². The minimum absolute atomic E-state index is 0.0205. The lowest BCUT2D eigenvalue weighted by Gasteiger charge is -2.42. The summed E-state index contributed by atoms with van der Waals surface area (Å²) in [6, 6.07) is 7.84. The van der Waals surface area contributed by atoms with Gasteiger partial charge in [-0.2, -0.15) is 0 Å². The van der Waals surface area contributed by atoms with Crippen molar-refractivity contribution in [1.29, 1.82) is 0 Å². The smallest absolute Gasteiger partial charge is 0.324 e. The second-order valence-corrected chi connectivity index (χ2v) is 9.13. The van der Waals surface area contributed by atoms with E-state index in [9.17, 15) is 9.18 Å². The molecule has 0 spiro atoms. The highest BCUT2D eigenvalue weighted by atomic mass is 35.5. The van der Waals surface area contributed by atoms with E-state index in [0.29, 0.717) is 48.3 Å². The molecule has 11 heteroatoms. The van der Waals surface area contributed by atoms with Crippen LogP contribution in [0.25, 0.3) is 10.9 Å². The molecule has 1 unspecified atom stereocenters. The molecule has 190 valence electrons. The topological polar surface area (TPSA) is 89.1 Å². The lowest BCUT2D eigenvalue weighted by Crippen LogP contribution is -2.60. The first-order chi connectivity index (χ1) is 17.5. The SMILES string of the molecule is COc1cc2c(Nc3ccc(F)c(Cl)c3)ncnc2cc1OCCCN1CCN2CCOC(=O)C2C1. The van der Waals surface area contributed by atoms with E-state index in [2.05, 4.69) is 25.1 Å². The van der Waals surface area contributed by atoms with Crippen LogP contribution in [0.1, 0.15) is 6.42 Å². The van der Waals surface area contributed by atoms with Gasteiger partial charge in [0.05, 0.1) is 24.3 Å². The van der Waals surface area contributed by atoms with Gasteiger partial charge in [-0.1, -0.05) is 11.6 Å². The number of hydrogen-bond acceptors (Lipinski definition) is 9. The summed E-state index contributed by atoms with van der Waals surface area (Å²) in [4.78, 5) is 25.2. The number of benzene rings is 2. The molecule has 2 aromatic carbocycles. The van der Waals surface area contributed by atoms with Gasteiger partial charge in [0.15, 0.2) is 11.5 Å². The summed E-state index contributed by atoms with van der Waals surface area (Å²) in [7, 11) is 1.58. The number of esters is 1. The van der Waals surface area contributed by atoms with E-state index in [0.717, 1.165) is 38.0 Å². The molecule has 2 saturated heterocycles. The second kappa shape index (κ2) is 10.8. The van der Waals surface area contributed by atoms with E-state index >= 15 is 0 Å². The molecule has 36 heavy (non-hydrogen) atoms. The number of piperazine rings is 1. The predicted molar refractivity (Wildman–Crippen MR) is 134 cm³/mol. The van der Waals surface area contributed by atoms with Crippen molar-refractivity contribution in [3.8, 4) is 11.5 Å². The Bertz CT molecular complexity index is 1260. The summed E-state index contributed by atoms with van der Waals surface area (Å²) < 4.78 is 30.3. The summed E-state index contributed by atoms with van der Waals surface area (Å²) in [5, 5.41) is 3.90. The molecule has 2 fully saturated rings. The number of aromatic nitrogens is 2. The van der Waals surface area contributed by atoms with E-state index in [1.54, 1.807) is 13.2 Å². The molecule has 5 rings (SSSR count). The van der Waals surface area contributed by atoms with Crippen molar-refractivity contribution in [3.05, 3.63) is 47.5 Å². The van der Waals surface area contributed by atoms with Crippen molar-refractivity contribution < 1.29 is 23.4 Å². The summed E-state index contributed by atoms with van der Waals surface area (Å²) >= 11 is 5.90. The number of ether oxygens (including phenoxy) is 3. The third kappa shape index (κ3) is 5.30. The summed E-state index contributed by atoms with van der Waals surface area (Å²) in [5.41, 5.74) is 1.27. The minimum atomic E-state index is -0.489. The summed E-state index contributed by atoms with van der Waals surface area (Å²) in [6.45, 7) is 5.09. The van der Waals surface area contributed by atoms with Crippen LogP contribution >= 0.6 is 11.6 Å². The van der Waals surface area contributed by atoms with Crippen molar-refractivity contribution in [2.24, 2.45) is 0 Å². The molecular formula is C25H27ClFN5O4. The Hall–Kier alpha value is -3.21. The second-order valence-electron chi connectivity index (χ2n) is 8.72. The number of carbonyl (C=O) groups is 1. The molecule has 3 aromatic rings. The molecule has 0 radical (unpaired) electrons. The molecule has 0 amide bonds. The molecule has 0 bridgehead atoms. The van der Waals surface area contributed by atoms with Crippen LogP contribution in [0.15, 0.2) is 36.7 Å². The molecule has 2 aliphatic rings. The average Bonchev–Trinajstić information content (AvgIpc) is 2.89. The highest BCUT2D eigenvalue weighted by Crippen LogP contribution is 2.35. The Labute approximate surface area is 213 Å². The first-order valence-electron chi connectivity index (χ1n) is 11.8. The quantitative estimate of drug-likeness (QED) is 0.357. The number of halogens is 2. The van der Waals surface area contributed by atoms with Crippen molar-refractivity contribution in [2.45, 2.75) is 12.5 Å². The number of carbonyl (C=O) groups excluding carboxylic acids is 1. The zero-order chi connectivity index (χ0) is 25.1. The lowest BCUT2D eigenvalue weighted by molar-refractivity contribution is -0.161. The number of fused-ring (bicyclic) bond motifs is 2. The van der Waals surface area contributed by atoms with Crippen LogP contribution in [0.4, 0.5) is 15.9 Å². The van der Waals surface area contributed by atoms with E-state index in [1.807, 2.05) is 12.1 Å². The number of cyclic esters (lactones) is 1. The molecule has 3 heterocycles. The monoisotopic (exact) mass is 515 g/mol. The first kappa shape index (κ1) is 24.5. The molecule has 1 N–H and O–H groups in total. The van der Waals surface area contributed by atoms with E-state index in [1.165, 1.54) is 18.5 Å². The zero-order valence-corrected chi connectivity index (χ0v) is 20.6. The van der Waals surface area contributed by atoms with Gasteiger partial charge in [-0.05, 0) is 30.7 Å². The Balaban J connectivity index is 1.23.